The predicted molar refractivity (Wildman–Crippen MR) is 94.5 cm³/mol. The van der Waals surface area contributed by atoms with Gasteiger partial charge in [0.25, 0.3) is 0 Å². The second-order valence-electron chi connectivity index (χ2n) is 8.75. The van der Waals surface area contributed by atoms with Crippen LogP contribution in [0.2, 0.25) is 0 Å². The van der Waals surface area contributed by atoms with E-state index in [-0.39, 0.29) is 29.2 Å². The molecule has 3 heteroatoms. The Morgan fingerprint density at radius 1 is 1.09 bits per heavy atom. The minimum atomic E-state index is -0.0596. The number of Topliss-reactive ketones (excluding diaryl/α,β-unsaturated/α-hetero) is 1. The molecule has 3 aliphatic carbocycles. The van der Waals surface area contributed by atoms with Gasteiger partial charge in [-0.25, -0.2) is 0 Å². The van der Waals surface area contributed by atoms with Gasteiger partial charge in [0.15, 0.2) is 0 Å². The van der Waals surface area contributed by atoms with Gasteiger partial charge in [0.1, 0.15) is 5.78 Å². The van der Waals surface area contributed by atoms with Gasteiger partial charge in [-0.2, -0.15) is 0 Å². The molecule has 0 amide bonds. The van der Waals surface area contributed by atoms with Gasteiger partial charge in [0.05, 0.1) is 0 Å². The van der Waals surface area contributed by atoms with E-state index in [2.05, 4.69) is 33.0 Å². The first-order valence-electron chi connectivity index (χ1n) is 9.16. The summed E-state index contributed by atoms with van der Waals surface area (Å²) < 4.78 is 0. The van der Waals surface area contributed by atoms with Crippen LogP contribution in [0.3, 0.4) is 0 Å². The minimum absolute atomic E-state index is 0. The first-order valence-corrected chi connectivity index (χ1v) is 9.16. The van der Waals surface area contributed by atoms with Crippen LogP contribution < -0.4 is 5.32 Å². The molecule has 0 aliphatic heterocycles. The molecule has 0 spiro atoms. The number of rotatable bonds is 4. The maximum absolute atomic E-state index is 12.9. The van der Waals surface area contributed by atoms with Gasteiger partial charge >= 0.3 is 0 Å². The quantitative estimate of drug-likeness (QED) is 0.807. The number of carbonyl (C=O) groups excluding carboxylic acids is 1. The molecule has 0 radical (unpaired) electrons. The van der Waals surface area contributed by atoms with Crippen molar-refractivity contribution in [2.24, 2.45) is 22.7 Å². The zero-order valence-corrected chi connectivity index (χ0v) is 15.7. The van der Waals surface area contributed by atoms with E-state index in [0.29, 0.717) is 17.2 Å². The van der Waals surface area contributed by atoms with Crippen molar-refractivity contribution in [1.82, 2.24) is 5.32 Å². The van der Waals surface area contributed by atoms with Gasteiger partial charge in [-0.1, -0.05) is 47.0 Å². The molecule has 3 atom stereocenters. The molecule has 3 saturated carbocycles. The van der Waals surface area contributed by atoms with Crippen molar-refractivity contribution in [2.75, 3.05) is 6.54 Å². The zero-order valence-electron chi connectivity index (χ0n) is 14.8. The van der Waals surface area contributed by atoms with Crippen LogP contribution in [0.5, 0.6) is 0 Å². The van der Waals surface area contributed by atoms with Crippen molar-refractivity contribution >= 4 is 18.2 Å². The van der Waals surface area contributed by atoms with Crippen molar-refractivity contribution < 1.29 is 4.79 Å². The molecule has 2 bridgehead atoms. The average Bonchev–Trinajstić information content (AvgIpc) is 2.79. The maximum Gasteiger partial charge on any atom is 0.143 e. The SMILES string of the molecule is CCC1(NCC2C(=O)C3(C)CCC2C3(C)C)CCCCC1.Cl. The van der Waals surface area contributed by atoms with Crippen LogP contribution in [0, 0.1) is 22.7 Å². The number of carbonyl (C=O) groups is 1. The lowest BCUT2D eigenvalue weighted by atomic mass is 9.70. The molecule has 22 heavy (non-hydrogen) atoms. The number of ketones is 1. The lowest BCUT2D eigenvalue weighted by Crippen LogP contribution is -2.50. The zero-order chi connectivity index (χ0) is 15.3. The number of halogens is 1. The van der Waals surface area contributed by atoms with Crippen LogP contribution >= 0.6 is 12.4 Å². The normalized spacial score (nSPS) is 38.8. The van der Waals surface area contributed by atoms with Crippen LogP contribution in [-0.2, 0) is 4.79 Å². The number of hydrogen-bond acceptors (Lipinski definition) is 2. The van der Waals surface area contributed by atoms with E-state index in [1.165, 1.54) is 44.9 Å². The Labute approximate surface area is 142 Å². The summed E-state index contributed by atoms with van der Waals surface area (Å²) in [5.74, 6) is 1.42. The van der Waals surface area contributed by atoms with Crippen LogP contribution in [0.1, 0.15) is 79.1 Å². The summed E-state index contributed by atoms with van der Waals surface area (Å²) in [7, 11) is 0. The first kappa shape index (κ1) is 18.3. The summed E-state index contributed by atoms with van der Waals surface area (Å²) in [6.45, 7) is 10.1. The molecule has 0 aromatic heterocycles. The van der Waals surface area contributed by atoms with E-state index in [0.717, 1.165) is 13.0 Å². The number of fused-ring (bicyclic) bond motifs is 2. The van der Waals surface area contributed by atoms with E-state index < -0.39 is 0 Å². The lowest BCUT2D eigenvalue weighted by Gasteiger charge is -2.39. The van der Waals surface area contributed by atoms with E-state index in [9.17, 15) is 4.79 Å². The summed E-state index contributed by atoms with van der Waals surface area (Å²) in [6, 6.07) is 0. The van der Waals surface area contributed by atoms with E-state index >= 15 is 0 Å². The van der Waals surface area contributed by atoms with Crippen molar-refractivity contribution in [3.05, 3.63) is 0 Å². The van der Waals surface area contributed by atoms with E-state index in [1.54, 1.807) is 0 Å². The minimum Gasteiger partial charge on any atom is -0.311 e. The fourth-order valence-corrected chi connectivity index (χ4v) is 5.72. The molecular weight excluding hydrogens is 294 g/mol. The van der Waals surface area contributed by atoms with Gasteiger partial charge in [-0.3, -0.25) is 4.79 Å². The number of nitrogens with one attached hydrogen (secondary N) is 1. The highest BCUT2D eigenvalue weighted by Gasteiger charge is 2.65. The topological polar surface area (TPSA) is 29.1 Å². The summed E-state index contributed by atoms with van der Waals surface area (Å²) in [5.41, 5.74) is 0.462. The molecule has 3 fully saturated rings. The molecule has 0 aromatic carbocycles. The summed E-state index contributed by atoms with van der Waals surface area (Å²) in [4.78, 5) is 12.9. The van der Waals surface area contributed by atoms with E-state index in [1.807, 2.05) is 0 Å². The molecule has 3 aliphatic rings. The first-order chi connectivity index (χ1) is 9.86. The number of hydrogen-bond donors (Lipinski definition) is 1. The summed E-state index contributed by atoms with van der Waals surface area (Å²) in [5, 5.41) is 3.88. The van der Waals surface area contributed by atoms with Crippen LogP contribution in [0.4, 0.5) is 0 Å². The average molecular weight is 328 g/mol. The summed E-state index contributed by atoms with van der Waals surface area (Å²) >= 11 is 0. The Balaban J connectivity index is 0.00000176. The highest BCUT2D eigenvalue weighted by atomic mass is 35.5. The molecule has 0 heterocycles. The maximum atomic E-state index is 12.9. The van der Waals surface area contributed by atoms with Crippen molar-refractivity contribution in [3.8, 4) is 0 Å². The third kappa shape index (κ3) is 2.45. The Bertz CT molecular complexity index is 427. The van der Waals surface area contributed by atoms with Gasteiger partial charge in [-0.05, 0) is 43.4 Å². The monoisotopic (exact) mass is 327 g/mol. The lowest BCUT2D eigenvalue weighted by molar-refractivity contribution is -0.131. The van der Waals surface area contributed by atoms with Gasteiger partial charge in [-0.15, -0.1) is 12.4 Å². The molecular formula is C19H34ClNO. The van der Waals surface area contributed by atoms with Crippen LogP contribution in [-0.4, -0.2) is 17.9 Å². The standard InChI is InChI=1S/C19H33NO.ClH/c1-5-19(10-7-6-8-11-19)20-13-14-15-9-12-18(4,16(14)21)17(15,2)3;/h14-15,20H,5-13H2,1-4H3;1H. The fourth-order valence-electron chi connectivity index (χ4n) is 5.72. The van der Waals surface area contributed by atoms with Gasteiger partial charge < -0.3 is 5.32 Å². The highest BCUT2D eigenvalue weighted by molar-refractivity contribution is 5.91. The molecule has 128 valence electrons. The summed E-state index contributed by atoms with van der Waals surface area (Å²) in [6.07, 6.45) is 10.3. The second kappa shape index (κ2) is 6.09. The highest BCUT2D eigenvalue weighted by Crippen LogP contribution is 2.65. The van der Waals surface area contributed by atoms with Gasteiger partial charge in [0.2, 0.25) is 0 Å². The Hall–Kier alpha value is -0.0800. The molecule has 2 nitrogen and oxygen atoms in total. The van der Waals surface area contributed by atoms with Crippen LogP contribution in [0.15, 0.2) is 0 Å². The fraction of sp³-hybridized carbons (Fsp3) is 0.947. The molecule has 3 rings (SSSR count). The Kier molecular flexibility index (Phi) is 5.06. The predicted octanol–water partition coefficient (Wildman–Crippen LogP) is 4.75. The molecule has 0 saturated heterocycles. The van der Waals surface area contributed by atoms with Crippen LogP contribution in [0.25, 0.3) is 0 Å². The molecule has 1 N–H and O–H groups in total. The van der Waals surface area contributed by atoms with Gasteiger partial charge in [0, 0.05) is 23.4 Å². The van der Waals surface area contributed by atoms with E-state index in [4.69, 9.17) is 0 Å². The molecule has 0 aromatic rings. The Morgan fingerprint density at radius 2 is 1.73 bits per heavy atom. The Morgan fingerprint density at radius 3 is 2.23 bits per heavy atom. The van der Waals surface area contributed by atoms with Crippen molar-refractivity contribution in [2.45, 2.75) is 84.6 Å². The third-order valence-corrected chi connectivity index (χ3v) is 7.86. The second-order valence-corrected chi connectivity index (χ2v) is 8.75. The third-order valence-electron chi connectivity index (χ3n) is 7.86. The smallest absolute Gasteiger partial charge is 0.143 e. The van der Waals surface area contributed by atoms with Crippen molar-refractivity contribution in [1.29, 1.82) is 0 Å². The van der Waals surface area contributed by atoms with Crippen molar-refractivity contribution in [3.63, 3.8) is 0 Å². The largest absolute Gasteiger partial charge is 0.311 e. The molecule has 3 unspecified atom stereocenters.